The van der Waals surface area contributed by atoms with Gasteiger partial charge in [-0.2, -0.15) is 0 Å². The molecule has 27 heavy (non-hydrogen) atoms. The lowest BCUT2D eigenvalue weighted by atomic mass is 10.1. The average molecular weight is 384 g/mol. The van der Waals surface area contributed by atoms with E-state index in [1.807, 2.05) is 37.4 Å². The molecule has 0 aliphatic carbocycles. The highest BCUT2D eigenvalue weighted by Crippen LogP contribution is 2.30. The molecule has 142 valence electrons. The molecule has 0 atom stereocenters. The smallest absolute Gasteiger partial charge is 0.203 e. The zero-order valence-electron chi connectivity index (χ0n) is 15.8. The molecule has 1 aliphatic rings. The number of aromatic nitrogens is 1. The molecule has 6 heteroatoms. The molecular weight excluding hydrogens is 358 g/mol. The van der Waals surface area contributed by atoms with Crippen molar-refractivity contribution in [2.75, 3.05) is 45.2 Å². The number of hydrogen-bond donors (Lipinski definition) is 1. The summed E-state index contributed by atoms with van der Waals surface area (Å²) >= 11 is 1.60. The van der Waals surface area contributed by atoms with E-state index in [-0.39, 0.29) is 5.78 Å². The Hall–Kier alpha value is -2.15. The Morgan fingerprint density at radius 3 is 2.59 bits per heavy atom. The van der Waals surface area contributed by atoms with Crippen LogP contribution < -0.4 is 5.32 Å². The second-order valence-corrected chi connectivity index (χ2v) is 7.95. The van der Waals surface area contributed by atoms with Crippen molar-refractivity contribution in [2.24, 2.45) is 0 Å². The van der Waals surface area contributed by atoms with E-state index in [9.17, 15) is 4.79 Å². The minimum absolute atomic E-state index is 0.0937. The molecule has 3 aromatic rings. The summed E-state index contributed by atoms with van der Waals surface area (Å²) in [6.07, 6.45) is 0. The normalized spacial score (nSPS) is 15.3. The van der Waals surface area contributed by atoms with Crippen molar-refractivity contribution < 1.29 is 9.53 Å². The van der Waals surface area contributed by atoms with E-state index in [0.29, 0.717) is 0 Å². The van der Waals surface area contributed by atoms with Crippen LogP contribution in [-0.2, 0) is 11.3 Å². The highest BCUT2D eigenvalue weighted by molar-refractivity contribution is 7.20. The Balaban J connectivity index is 1.54. The fraction of sp³-hybridized carbons (Fsp3) is 0.381. The fourth-order valence-corrected chi connectivity index (χ4v) is 4.75. The highest BCUT2D eigenvalue weighted by Gasteiger charge is 2.17. The number of carbonyl (C=O) groups excluding carboxylic acids is 1. The topological polar surface area (TPSA) is 46.5 Å². The predicted molar refractivity (Wildman–Crippen MR) is 111 cm³/mol. The van der Waals surface area contributed by atoms with E-state index >= 15 is 0 Å². The molecule has 1 aromatic carbocycles. The van der Waals surface area contributed by atoms with Crippen LogP contribution in [0.2, 0.25) is 0 Å². The summed E-state index contributed by atoms with van der Waals surface area (Å²) < 4.78 is 7.77. The third-order valence-electron chi connectivity index (χ3n) is 5.18. The number of rotatable bonds is 6. The monoisotopic (exact) mass is 383 g/mol. The van der Waals surface area contributed by atoms with Gasteiger partial charge in [0.15, 0.2) is 0 Å². The quantitative estimate of drug-likeness (QED) is 0.661. The Labute approximate surface area is 163 Å². The number of nitrogens with one attached hydrogen (secondary N) is 1. The first-order valence-electron chi connectivity index (χ1n) is 9.38. The Kier molecular flexibility index (Phi) is 5.29. The number of carbonyl (C=O) groups is 1. The van der Waals surface area contributed by atoms with Gasteiger partial charge in [-0.25, -0.2) is 0 Å². The van der Waals surface area contributed by atoms with Gasteiger partial charge in [-0.05, 0) is 43.3 Å². The van der Waals surface area contributed by atoms with E-state index in [2.05, 4.69) is 27.8 Å². The first-order valence-corrected chi connectivity index (χ1v) is 10.2. The van der Waals surface area contributed by atoms with Gasteiger partial charge in [0, 0.05) is 55.6 Å². The molecule has 0 unspecified atom stereocenters. The van der Waals surface area contributed by atoms with Crippen molar-refractivity contribution in [1.29, 1.82) is 0 Å². The molecule has 0 amide bonds. The summed E-state index contributed by atoms with van der Waals surface area (Å²) in [4.78, 5) is 17.3. The zero-order chi connectivity index (χ0) is 18.8. The summed E-state index contributed by atoms with van der Waals surface area (Å²) in [5.74, 6) is 0.0937. The van der Waals surface area contributed by atoms with Crippen molar-refractivity contribution in [2.45, 2.75) is 13.5 Å². The first kappa shape index (κ1) is 18.2. The summed E-state index contributed by atoms with van der Waals surface area (Å²) in [6, 6.07) is 11.9. The molecule has 0 spiro atoms. The third kappa shape index (κ3) is 3.78. The van der Waals surface area contributed by atoms with Crippen LogP contribution >= 0.6 is 11.3 Å². The second kappa shape index (κ2) is 7.84. The van der Waals surface area contributed by atoms with Crippen molar-refractivity contribution in [3.8, 4) is 0 Å². The largest absolute Gasteiger partial charge is 0.388 e. The maximum atomic E-state index is 12.9. The molecule has 0 bridgehead atoms. The molecule has 1 saturated heterocycles. The molecule has 4 rings (SSSR count). The van der Waals surface area contributed by atoms with Gasteiger partial charge in [-0.3, -0.25) is 9.69 Å². The maximum Gasteiger partial charge on any atom is 0.203 e. The Morgan fingerprint density at radius 2 is 1.89 bits per heavy atom. The maximum absolute atomic E-state index is 12.9. The lowest BCUT2D eigenvalue weighted by molar-refractivity contribution is 0.0365. The summed E-state index contributed by atoms with van der Waals surface area (Å²) in [7, 11) is 1.88. The predicted octanol–water partition coefficient (Wildman–Crippen LogP) is 3.62. The molecule has 1 N–H and O–H groups in total. The van der Waals surface area contributed by atoms with Gasteiger partial charge in [-0.15, -0.1) is 11.3 Å². The molecule has 1 aliphatic heterocycles. The lowest BCUT2D eigenvalue weighted by Gasteiger charge is -2.26. The van der Waals surface area contributed by atoms with Gasteiger partial charge in [0.2, 0.25) is 5.78 Å². The number of fused-ring (bicyclic) bond motifs is 1. The Bertz CT molecular complexity index is 936. The van der Waals surface area contributed by atoms with Crippen LogP contribution in [0.5, 0.6) is 0 Å². The van der Waals surface area contributed by atoms with Crippen molar-refractivity contribution in [3.63, 3.8) is 0 Å². The molecule has 3 heterocycles. The molecule has 1 fully saturated rings. The summed E-state index contributed by atoms with van der Waals surface area (Å²) in [5.41, 5.74) is 2.99. The minimum Gasteiger partial charge on any atom is -0.388 e. The van der Waals surface area contributed by atoms with Crippen LogP contribution in [0.15, 0.2) is 36.4 Å². The number of morpholine rings is 1. The van der Waals surface area contributed by atoms with Gasteiger partial charge < -0.3 is 14.6 Å². The number of ether oxygens (including phenoxy) is 1. The van der Waals surface area contributed by atoms with E-state index in [4.69, 9.17) is 4.74 Å². The van der Waals surface area contributed by atoms with Gasteiger partial charge in [0.05, 0.1) is 18.1 Å². The van der Waals surface area contributed by atoms with Gasteiger partial charge in [0.1, 0.15) is 4.83 Å². The van der Waals surface area contributed by atoms with Crippen molar-refractivity contribution in [1.82, 2.24) is 9.47 Å². The number of thiophene rings is 1. The van der Waals surface area contributed by atoms with E-state index < -0.39 is 0 Å². The van der Waals surface area contributed by atoms with Crippen LogP contribution in [0.25, 0.3) is 10.2 Å². The van der Waals surface area contributed by atoms with Gasteiger partial charge in [0.25, 0.3) is 0 Å². The molecule has 5 nitrogen and oxygen atoms in total. The number of anilines is 1. The van der Waals surface area contributed by atoms with Crippen LogP contribution in [-0.4, -0.2) is 55.1 Å². The van der Waals surface area contributed by atoms with Crippen LogP contribution in [0.3, 0.4) is 0 Å². The first-order chi connectivity index (χ1) is 13.2. The number of aryl methyl sites for hydroxylation is 1. The Morgan fingerprint density at radius 1 is 1.15 bits per heavy atom. The molecular formula is C21H25N3O2S. The highest BCUT2D eigenvalue weighted by atomic mass is 32.1. The van der Waals surface area contributed by atoms with Gasteiger partial charge >= 0.3 is 0 Å². The van der Waals surface area contributed by atoms with Crippen molar-refractivity contribution in [3.05, 3.63) is 52.5 Å². The fourth-order valence-electron chi connectivity index (χ4n) is 3.56. The number of benzene rings is 1. The van der Waals surface area contributed by atoms with Crippen LogP contribution in [0.4, 0.5) is 5.69 Å². The van der Waals surface area contributed by atoms with Crippen LogP contribution in [0, 0.1) is 6.92 Å². The van der Waals surface area contributed by atoms with E-state index in [1.54, 1.807) is 11.3 Å². The number of ketones is 1. The van der Waals surface area contributed by atoms with Gasteiger partial charge in [-0.1, -0.05) is 0 Å². The number of hydrogen-bond acceptors (Lipinski definition) is 5. The zero-order valence-corrected chi connectivity index (χ0v) is 16.6. The van der Waals surface area contributed by atoms with Crippen molar-refractivity contribution >= 4 is 33.0 Å². The molecule has 2 aromatic heterocycles. The van der Waals surface area contributed by atoms with E-state index in [0.717, 1.165) is 60.9 Å². The lowest BCUT2D eigenvalue weighted by Crippen LogP contribution is -2.38. The molecule has 0 saturated carbocycles. The van der Waals surface area contributed by atoms with Crippen LogP contribution in [0.1, 0.15) is 20.9 Å². The average Bonchev–Trinajstić information content (AvgIpc) is 3.24. The third-order valence-corrected chi connectivity index (χ3v) is 6.35. The molecule has 0 radical (unpaired) electrons. The summed E-state index contributed by atoms with van der Waals surface area (Å²) in [6.45, 7) is 7.75. The SMILES string of the molecule is CNc1ccc(C(=O)c2cc3cc(C)n(CCN4CCOCC4)c3s2)cc1. The standard InChI is InChI=1S/C21H25N3O2S/c1-15-13-17-14-19(20(25)16-3-5-18(22-2)6-4-16)27-21(17)24(15)8-7-23-9-11-26-12-10-23/h3-6,13-14,22H,7-12H2,1-2H3. The second-order valence-electron chi connectivity index (χ2n) is 6.92. The summed E-state index contributed by atoms with van der Waals surface area (Å²) in [5, 5.41) is 4.24. The minimum atomic E-state index is 0.0937. The van der Waals surface area contributed by atoms with E-state index in [1.165, 1.54) is 10.5 Å². The number of nitrogens with zero attached hydrogens (tertiary/aromatic N) is 2.